The van der Waals surface area contributed by atoms with Crippen molar-refractivity contribution in [2.45, 2.75) is 44.9 Å². The normalized spacial score (nSPS) is 17.5. The van der Waals surface area contributed by atoms with Crippen LogP contribution in [0, 0.1) is 17.5 Å². The van der Waals surface area contributed by atoms with Crippen molar-refractivity contribution in [2.24, 2.45) is 0 Å². The molecule has 2 fully saturated rings. The van der Waals surface area contributed by atoms with E-state index in [0.29, 0.717) is 56.4 Å². The van der Waals surface area contributed by atoms with E-state index in [0.717, 1.165) is 17.3 Å². The molecule has 8 heteroatoms. The van der Waals surface area contributed by atoms with Crippen molar-refractivity contribution < 1.29 is 27.4 Å². The highest BCUT2D eigenvalue weighted by Crippen LogP contribution is 2.37. The first-order valence-electron chi connectivity index (χ1n) is 12.5. The number of nitrogens with zero attached hydrogens (tertiary/aromatic N) is 2. The van der Waals surface area contributed by atoms with Gasteiger partial charge in [-0.05, 0) is 55.3 Å². The lowest BCUT2D eigenvalue weighted by Crippen LogP contribution is -2.46. The maximum Gasteiger partial charge on any atom is 0.415 e. The van der Waals surface area contributed by atoms with Crippen molar-refractivity contribution in [3.8, 4) is 16.9 Å². The number of carbonyl (C=O) groups is 1. The van der Waals surface area contributed by atoms with Crippen LogP contribution in [0.2, 0.25) is 0 Å². The number of benzene rings is 3. The third-order valence-electron chi connectivity index (χ3n) is 6.95. The standard InChI is InChI=1S/C29H29F3N2O3/c1-19(2)36-22-8-9-23(24-15-26(31)27(32)16-25(24)30)20(14-22)17-33-12-10-29(11-13-33)18-34(28(35)37-29)21-6-4-3-5-7-21/h3-9,14-16,19H,10-13,17-18H2,1-2H3. The monoisotopic (exact) mass is 510 g/mol. The topological polar surface area (TPSA) is 42.0 Å². The van der Waals surface area contributed by atoms with E-state index >= 15 is 0 Å². The van der Waals surface area contributed by atoms with Crippen molar-refractivity contribution in [3.05, 3.63) is 83.7 Å². The fraction of sp³-hybridized carbons (Fsp3) is 0.345. The Morgan fingerprint density at radius 1 is 0.919 bits per heavy atom. The van der Waals surface area contributed by atoms with Gasteiger partial charge >= 0.3 is 6.09 Å². The Kier molecular flexibility index (Phi) is 6.86. The predicted molar refractivity (Wildman–Crippen MR) is 135 cm³/mol. The molecule has 2 aliphatic rings. The number of piperidine rings is 1. The van der Waals surface area contributed by atoms with Crippen LogP contribution >= 0.6 is 0 Å². The van der Waals surface area contributed by atoms with Gasteiger partial charge in [0.15, 0.2) is 11.6 Å². The number of carbonyl (C=O) groups excluding carboxylic acids is 1. The Hall–Kier alpha value is -3.52. The maximum absolute atomic E-state index is 14.7. The number of anilines is 1. The number of para-hydroxylation sites is 1. The van der Waals surface area contributed by atoms with Crippen LogP contribution in [0.25, 0.3) is 11.1 Å². The number of rotatable bonds is 6. The lowest BCUT2D eigenvalue weighted by molar-refractivity contribution is -0.000959. The summed E-state index contributed by atoms with van der Waals surface area (Å²) in [7, 11) is 0. The SMILES string of the molecule is CC(C)Oc1ccc(-c2cc(F)c(F)cc2F)c(CN2CCC3(CC2)CN(c2ccccc2)C(=O)O3)c1. The summed E-state index contributed by atoms with van der Waals surface area (Å²) in [5, 5.41) is 0. The Balaban J connectivity index is 1.35. The molecule has 5 rings (SSSR count). The molecule has 0 saturated carbocycles. The van der Waals surface area contributed by atoms with Gasteiger partial charge in [-0.25, -0.2) is 18.0 Å². The summed E-state index contributed by atoms with van der Waals surface area (Å²) in [6, 6.07) is 16.2. The first kappa shape index (κ1) is 25.1. The summed E-state index contributed by atoms with van der Waals surface area (Å²) < 4.78 is 54.0. The third kappa shape index (κ3) is 5.30. The molecule has 2 heterocycles. The molecule has 0 atom stereocenters. The quantitative estimate of drug-likeness (QED) is 0.353. The van der Waals surface area contributed by atoms with Gasteiger partial charge in [-0.15, -0.1) is 0 Å². The van der Waals surface area contributed by atoms with Gasteiger partial charge in [0.05, 0.1) is 12.6 Å². The van der Waals surface area contributed by atoms with E-state index in [2.05, 4.69) is 4.90 Å². The molecule has 3 aromatic rings. The van der Waals surface area contributed by atoms with Crippen LogP contribution in [-0.2, 0) is 11.3 Å². The summed E-state index contributed by atoms with van der Waals surface area (Å²) >= 11 is 0. The summed E-state index contributed by atoms with van der Waals surface area (Å²) in [5.74, 6) is -2.53. The molecule has 0 aliphatic carbocycles. The summed E-state index contributed by atoms with van der Waals surface area (Å²) in [4.78, 5) is 16.5. The van der Waals surface area contributed by atoms with Crippen molar-refractivity contribution >= 4 is 11.8 Å². The van der Waals surface area contributed by atoms with E-state index in [1.54, 1.807) is 17.0 Å². The van der Waals surface area contributed by atoms with Crippen LogP contribution in [0.3, 0.4) is 0 Å². The number of hydrogen-bond acceptors (Lipinski definition) is 4. The van der Waals surface area contributed by atoms with Gasteiger partial charge in [0.2, 0.25) is 0 Å². The van der Waals surface area contributed by atoms with E-state index < -0.39 is 23.1 Å². The van der Waals surface area contributed by atoms with E-state index in [1.807, 2.05) is 50.2 Å². The average molecular weight is 511 g/mol. The van der Waals surface area contributed by atoms with Crippen LogP contribution in [0.1, 0.15) is 32.3 Å². The van der Waals surface area contributed by atoms with Crippen LogP contribution in [0.15, 0.2) is 60.7 Å². The molecule has 0 aromatic heterocycles. The van der Waals surface area contributed by atoms with Crippen LogP contribution < -0.4 is 9.64 Å². The van der Waals surface area contributed by atoms with Crippen molar-refractivity contribution in [3.63, 3.8) is 0 Å². The molecule has 2 saturated heterocycles. The lowest BCUT2D eigenvalue weighted by Gasteiger charge is -2.37. The maximum atomic E-state index is 14.7. The molecule has 5 nitrogen and oxygen atoms in total. The molecule has 0 unspecified atom stereocenters. The Morgan fingerprint density at radius 3 is 2.32 bits per heavy atom. The van der Waals surface area contributed by atoms with Gasteiger partial charge in [-0.3, -0.25) is 9.80 Å². The van der Waals surface area contributed by atoms with E-state index in [1.165, 1.54) is 0 Å². The third-order valence-corrected chi connectivity index (χ3v) is 6.95. The van der Waals surface area contributed by atoms with Gasteiger partial charge in [0.25, 0.3) is 0 Å². The number of likely N-dealkylation sites (tertiary alicyclic amines) is 1. The number of amides is 1. The van der Waals surface area contributed by atoms with Gasteiger partial charge in [0, 0.05) is 49.8 Å². The summed E-state index contributed by atoms with van der Waals surface area (Å²) in [6.45, 7) is 6.08. The van der Waals surface area contributed by atoms with Crippen molar-refractivity contribution in [1.29, 1.82) is 0 Å². The fourth-order valence-corrected chi connectivity index (χ4v) is 5.09. The van der Waals surface area contributed by atoms with Crippen LogP contribution in [-0.4, -0.2) is 42.3 Å². The molecule has 0 bridgehead atoms. The van der Waals surface area contributed by atoms with Crippen molar-refractivity contribution in [1.82, 2.24) is 4.90 Å². The van der Waals surface area contributed by atoms with Crippen LogP contribution in [0.5, 0.6) is 5.75 Å². The van der Waals surface area contributed by atoms with Gasteiger partial charge in [-0.2, -0.15) is 0 Å². The zero-order valence-electron chi connectivity index (χ0n) is 20.8. The molecule has 1 spiro atoms. The molecule has 0 radical (unpaired) electrons. The zero-order chi connectivity index (χ0) is 26.2. The summed E-state index contributed by atoms with van der Waals surface area (Å²) in [6.07, 6.45) is 0.908. The highest BCUT2D eigenvalue weighted by molar-refractivity contribution is 5.90. The molecular formula is C29H29F3N2O3. The first-order chi connectivity index (χ1) is 17.7. The molecule has 3 aromatic carbocycles. The second-order valence-corrected chi connectivity index (χ2v) is 9.98. The smallest absolute Gasteiger partial charge is 0.415 e. The summed E-state index contributed by atoms with van der Waals surface area (Å²) in [5.41, 5.74) is 1.48. The Bertz CT molecular complexity index is 1290. The average Bonchev–Trinajstić information content (AvgIpc) is 3.19. The number of hydrogen-bond donors (Lipinski definition) is 0. The van der Waals surface area contributed by atoms with E-state index in [9.17, 15) is 18.0 Å². The van der Waals surface area contributed by atoms with Gasteiger partial charge in [-0.1, -0.05) is 24.3 Å². The zero-order valence-corrected chi connectivity index (χ0v) is 20.8. The van der Waals surface area contributed by atoms with Crippen LogP contribution in [0.4, 0.5) is 23.7 Å². The second-order valence-electron chi connectivity index (χ2n) is 9.98. The lowest BCUT2D eigenvalue weighted by atomic mass is 9.90. The largest absolute Gasteiger partial charge is 0.491 e. The van der Waals surface area contributed by atoms with Gasteiger partial charge in [0.1, 0.15) is 17.2 Å². The van der Waals surface area contributed by atoms with E-state index in [-0.39, 0.29) is 17.8 Å². The minimum Gasteiger partial charge on any atom is -0.491 e. The molecule has 194 valence electrons. The minimum atomic E-state index is -1.22. The molecule has 0 N–H and O–H groups in total. The molecular weight excluding hydrogens is 481 g/mol. The highest BCUT2D eigenvalue weighted by Gasteiger charge is 2.47. The fourth-order valence-electron chi connectivity index (χ4n) is 5.09. The van der Waals surface area contributed by atoms with Crippen molar-refractivity contribution in [2.75, 3.05) is 24.5 Å². The number of halogens is 3. The molecule has 2 aliphatic heterocycles. The van der Waals surface area contributed by atoms with E-state index in [4.69, 9.17) is 9.47 Å². The number of ether oxygens (including phenoxy) is 2. The Labute approximate surface area is 214 Å². The predicted octanol–water partition coefficient (Wildman–Crippen LogP) is 6.55. The van der Waals surface area contributed by atoms with Gasteiger partial charge < -0.3 is 9.47 Å². The minimum absolute atomic E-state index is 0.00158. The molecule has 1 amide bonds. The molecule has 37 heavy (non-hydrogen) atoms. The second kappa shape index (κ2) is 10.1. The highest BCUT2D eigenvalue weighted by atomic mass is 19.2. The first-order valence-corrected chi connectivity index (χ1v) is 12.5. The Morgan fingerprint density at radius 2 is 1.62 bits per heavy atom.